The lowest BCUT2D eigenvalue weighted by molar-refractivity contribution is -0.131. The lowest BCUT2D eigenvalue weighted by Crippen LogP contribution is -2.34. The number of hydrogen-bond acceptors (Lipinski definition) is 4. The molecule has 110 valence electrons. The number of carbonyl (C=O) groups excluding carboxylic acids is 1. The highest BCUT2D eigenvalue weighted by Gasteiger charge is 2.18. The maximum Gasteiger partial charge on any atom is 0.328 e. The Morgan fingerprint density at radius 3 is 2.75 bits per heavy atom. The molecule has 1 heterocycles. The molecule has 5 nitrogen and oxygen atoms in total. The molecule has 0 atom stereocenters. The number of aliphatic carboxylic acids is 1. The summed E-state index contributed by atoms with van der Waals surface area (Å²) in [6, 6.07) is 1.72. The lowest BCUT2D eigenvalue weighted by Gasteiger charge is -2.21. The number of unbranched alkanes of at least 4 members (excludes halogenated alkanes) is 1. The number of carbonyl (C=O) groups is 2. The van der Waals surface area contributed by atoms with Crippen molar-refractivity contribution in [1.29, 1.82) is 0 Å². The van der Waals surface area contributed by atoms with Crippen molar-refractivity contribution < 1.29 is 19.8 Å². The number of carboxylic acid groups (broad SMARTS) is 1. The first kappa shape index (κ1) is 16.4. The van der Waals surface area contributed by atoms with Gasteiger partial charge < -0.3 is 15.1 Å². The number of rotatable bonds is 8. The Hall–Kier alpha value is -1.66. The Labute approximate surface area is 122 Å². The molecule has 1 amide bonds. The number of aliphatic hydroxyl groups is 1. The molecule has 0 aliphatic heterocycles. The number of amides is 1. The molecule has 1 aromatic heterocycles. The molecule has 0 aliphatic rings. The van der Waals surface area contributed by atoms with Gasteiger partial charge in [0.15, 0.2) is 0 Å². The molecule has 0 saturated carbocycles. The van der Waals surface area contributed by atoms with E-state index in [0.717, 1.165) is 18.9 Å². The van der Waals surface area contributed by atoms with E-state index < -0.39 is 5.97 Å². The Morgan fingerprint density at radius 2 is 2.15 bits per heavy atom. The zero-order valence-electron chi connectivity index (χ0n) is 11.4. The summed E-state index contributed by atoms with van der Waals surface area (Å²) in [4.78, 5) is 25.1. The van der Waals surface area contributed by atoms with Gasteiger partial charge in [-0.25, -0.2) is 4.79 Å². The molecular weight excluding hydrogens is 278 g/mol. The minimum atomic E-state index is -1.05. The smallest absolute Gasteiger partial charge is 0.328 e. The van der Waals surface area contributed by atoms with Gasteiger partial charge in [0.25, 0.3) is 5.91 Å². The van der Waals surface area contributed by atoms with Gasteiger partial charge in [-0.2, -0.15) is 0 Å². The molecule has 1 rings (SSSR count). The van der Waals surface area contributed by atoms with E-state index in [1.165, 1.54) is 17.4 Å². The Bertz CT molecular complexity index is 481. The second kappa shape index (κ2) is 8.50. The molecule has 1 aromatic rings. The van der Waals surface area contributed by atoms with Gasteiger partial charge in [-0.15, -0.1) is 11.3 Å². The van der Waals surface area contributed by atoms with Crippen LogP contribution < -0.4 is 0 Å². The quantitative estimate of drug-likeness (QED) is 0.720. The predicted molar refractivity (Wildman–Crippen MR) is 78.9 cm³/mol. The van der Waals surface area contributed by atoms with Crippen molar-refractivity contribution >= 4 is 29.3 Å². The molecule has 0 bridgehead atoms. The van der Waals surface area contributed by atoms with Gasteiger partial charge in [-0.05, 0) is 29.5 Å². The van der Waals surface area contributed by atoms with Crippen molar-refractivity contribution in [2.45, 2.75) is 19.8 Å². The fraction of sp³-hybridized carbons (Fsp3) is 0.429. The molecule has 20 heavy (non-hydrogen) atoms. The van der Waals surface area contributed by atoms with Crippen LogP contribution in [0.1, 0.15) is 35.0 Å². The Morgan fingerprint density at radius 1 is 1.40 bits per heavy atom. The molecule has 0 aromatic carbocycles. The first-order chi connectivity index (χ1) is 9.60. The van der Waals surface area contributed by atoms with Crippen LogP contribution in [0, 0.1) is 0 Å². The fourth-order valence-corrected chi connectivity index (χ4v) is 2.57. The van der Waals surface area contributed by atoms with Crippen molar-refractivity contribution in [1.82, 2.24) is 4.90 Å². The second-order valence-corrected chi connectivity index (χ2v) is 5.16. The summed E-state index contributed by atoms with van der Waals surface area (Å²) < 4.78 is 0. The highest BCUT2D eigenvalue weighted by molar-refractivity contribution is 7.12. The SMILES string of the molecule is CCCCN(CCO)C(=O)c1sccc1C=CC(=O)O. The number of carboxylic acids is 1. The third-order valence-corrected chi connectivity index (χ3v) is 3.65. The van der Waals surface area contributed by atoms with Crippen LogP contribution in [0.25, 0.3) is 6.08 Å². The van der Waals surface area contributed by atoms with Crippen molar-refractivity contribution in [2.75, 3.05) is 19.7 Å². The van der Waals surface area contributed by atoms with E-state index in [4.69, 9.17) is 10.2 Å². The molecule has 0 unspecified atom stereocenters. The lowest BCUT2D eigenvalue weighted by atomic mass is 10.2. The Balaban J connectivity index is 2.88. The first-order valence-corrected chi connectivity index (χ1v) is 7.36. The van der Waals surface area contributed by atoms with Crippen molar-refractivity contribution in [3.8, 4) is 0 Å². The van der Waals surface area contributed by atoms with Crippen molar-refractivity contribution in [2.24, 2.45) is 0 Å². The van der Waals surface area contributed by atoms with Gasteiger partial charge >= 0.3 is 5.97 Å². The van der Waals surface area contributed by atoms with Crippen LogP contribution >= 0.6 is 11.3 Å². The van der Waals surface area contributed by atoms with Crippen LogP contribution in [-0.4, -0.2) is 46.7 Å². The van der Waals surface area contributed by atoms with E-state index in [2.05, 4.69) is 0 Å². The molecule has 0 spiro atoms. The van der Waals surface area contributed by atoms with Gasteiger partial charge in [0.2, 0.25) is 0 Å². The number of hydrogen-bond donors (Lipinski definition) is 2. The number of nitrogens with zero attached hydrogens (tertiary/aromatic N) is 1. The number of aliphatic hydroxyl groups excluding tert-OH is 1. The molecule has 0 saturated heterocycles. The summed E-state index contributed by atoms with van der Waals surface area (Å²) in [5.74, 6) is -1.21. The van der Waals surface area contributed by atoms with Crippen LogP contribution in [0.15, 0.2) is 17.5 Å². The van der Waals surface area contributed by atoms with Gasteiger partial charge in [0.1, 0.15) is 0 Å². The van der Waals surface area contributed by atoms with Crippen molar-refractivity contribution in [3.05, 3.63) is 28.0 Å². The van der Waals surface area contributed by atoms with Crippen LogP contribution in [0.4, 0.5) is 0 Å². The molecule has 0 radical (unpaired) electrons. The third kappa shape index (κ3) is 4.79. The zero-order valence-corrected chi connectivity index (χ0v) is 12.2. The summed E-state index contributed by atoms with van der Waals surface area (Å²) in [7, 11) is 0. The van der Waals surface area contributed by atoms with Gasteiger partial charge in [-0.1, -0.05) is 13.3 Å². The summed E-state index contributed by atoms with van der Waals surface area (Å²) in [5, 5.41) is 19.4. The monoisotopic (exact) mass is 297 g/mol. The molecule has 2 N–H and O–H groups in total. The molecule has 6 heteroatoms. The second-order valence-electron chi connectivity index (χ2n) is 4.25. The minimum absolute atomic E-state index is 0.0822. The van der Waals surface area contributed by atoms with Crippen molar-refractivity contribution in [3.63, 3.8) is 0 Å². The van der Waals surface area contributed by atoms with E-state index in [-0.39, 0.29) is 12.5 Å². The van der Waals surface area contributed by atoms with Crippen LogP contribution in [0.2, 0.25) is 0 Å². The first-order valence-electron chi connectivity index (χ1n) is 6.48. The summed E-state index contributed by atoms with van der Waals surface area (Å²) in [6.45, 7) is 2.84. The van der Waals surface area contributed by atoms with Gasteiger partial charge in [0, 0.05) is 19.2 Å². The molecular formula is C14H19NO4S. The van der Waals surface area contributed by atoms with Gasteiger partial charge in [-0.3, -0.25) is 4.79 Å². The molecule has 0 fully saturated rings. The minimum Gasteiger partial charge on any atom is -0.478 e. The highest BCUT2D eigenvalue weighted by Crippen LogP contribution is 2.20. The van der Waals surface area contributed by atoms with Crippen LogP contribution in [-0.2, 0) is 4.79 Å². The van der Waals surface area contributed by atoms with Crippen LogP contribution in [0.3, 0.4) is 0 Å². The van der Waals surface area contributed by atoms with E-state index in [1.807, 2.05) is 6.92 Å². The predicted octanol–water partition coefficient (Wildman–Crippen LogP) is 2.08. The zero-order chi connectivity index (χ0) is 15.0. The van der Waals surface area contributed by atoms with E-state index in [0.29, 0.717) is 23.5 Å². The maximum absolute atomic E-state index is 12.4. The topological polar surface area (TPSA) is 77.8 Å². The van der Waals surface area contributed by atoms with E-state index in [9.17, 15) is 9.59 Å². The molecule has 0 aliphatic carbocycles. The van der Waals surface area contributed by atoms with E-state index >= 15 is 0 Å². The van der Waals surface area contributed by atoms with Crippen LogP contribution in [0.5, 0.6) is 0 Å². The maximum atomic E-state index is 12.4. The fourth-order valence-electron chi connectivity index (χ4n) is 1.71. The summed E-state index contributed by atoms with van der Waals surface area (Å²) >= 11 is 1.28. The Kier molecular flexibility index (Phi) is 6.97. The third-order valence-electron chi connectivity index (χ3n) is 2.73. The normalized spacial score (nSPS) is 10.9. The average molecular weight is 297 g/mol. The summed E-state index contributed by atoms with van der Waals surface area (Å²) in [6.07, 6.45) is 4.27. The van der Waals surface area contributed by atoms with E-state index in [1.54, 1.807) is 16.3 Å². The van der Waals surface area contributed by atoms with Gasteiger partial charge in [0.05, 0.1) is 11.5 Å². The summed E-state index contributed by atoms with van der Waals surface area (Å²) in [5.41, 5.74) is 0.599. The highest BCUT2D eigenvalue weighted by atomic mass is 32.1. The number of thiophene rings is 1. The average Bonchev–Trinajstić information content (AvgIpc) is 2.88. The standard InChI is InChI=1S/C14H19NO4S/c1-2-3-7-15(8-9-16)14(19)13-11(6-10-20-13)4-5-12(17)18/h4-6,10,16H,2-3,7-9H2,1H3,(H,17,18). The largest absolute Gasteiger partial charge is 0.478 e.